The van der Waals surface area contributed by atoms with Crippen LogP contribution in [0.3, 0.4) is 0 Å². The van der Waals surface area contributed by atoms with Crippen molar-refractivity contribution in [2.45, 2.75) is 6.42 Å². The fourth-order valence-corrected chi connectivity index (χ4v) is 2.53. The number of urea groups is 1. The molecule has 0 unspecified atom stereocenters. The molecule has 0 aliphatic rings. The standard InChI is InChI=1S/C17H16ClN3O/c18-14-3-1-2-12(10-14)6-8-20-17(22)21-15-4-5-16-13(11-15)7-9-19-16/h1-5,7,9-11,19H,6,8H2,(H2,20,21,22). The predicted molar refractivity (Wildman–Crippen MR) is 90.5 cm³/mol. The van der Waals surface area contributed by atoms with Crippen LogP contribution in [0.5, 0.6) is 0 Å². The molecule has 2 amide bonds. The van der Waals surface area contributed by atoms with Crippen LogP contribution < -0.4 is 10.6 Å². The Labute approximate surface area is 133 Å². The normalized spacial score (nSPS) is 10.6. The number of aromatic amines is 1. The summed E-state index contributed by atoms with van der Waals surface area (Å²) in [7, 11) is 0. The summed E-state index contributed by atoms with van der Waals surface area (Å²) in [6, 6.07) is 15.1. The number of aromatic nitrogens is 1. The molecule has 0 spiro atoms. The van der Waals surface area contributed by atoms with Crippen molar-refractivity contribution in [1.29, 1.82) is 0 Å². The van der Waals surface area contributed by atoms with Gasteiger partial charge in [-0.1, -0.05) is 23.7 Å². The number of carbonyl (C=O) groups is 1. The summed E-state index contributed by atoms with van der Waals surface area (Å²) in [6.07, 6.45) is 2.62. The van der Waals surface area contributed by atoms with E-state index in [1.54, 1.807) is 0 Å². The van der Waals surface area contributed by atoms with Gasteiger partial charge in [0.05, 0.1) is 0 Å². The maximum absolute atomic E-state index is 11.9. The van der Waals surface area contributed by atoms with Crippen molar-refractivity contribution in [3.8, 4) is 0 Å². The van der Waals surface area contributed by atoms with Gasteiger partial charge in [-0.25, -0.2) is 4.79 Å². The number of halogens is 1. The number of carbonyl (C=O) groups excluding carboxylic acids is 1. The summed E-state index contributed by atoms with van der Waals surface area (Å²) in [6.45, 7) is 0.554. The van der Waals surface area contributed by atoms with Crippen molar-refractivity contribution in [2.75, 3.05) is 11.9 Å². The highest BCUT2D eigenvalue weighted by Gasteiger charge is 2.03. The molecule has 0 radical (unpaired) electrons. The number of hydrogen-bond acceptors (Lipinski definition) is 1. The van der Waals surface area contributed by atoms with E-state index < -0.39 is 0 Å². The van der Waals surface area contributed by atoms with Crippen LogP contribution in [0.25, 0.3) is 10.9 Å². The second-order valence-corrected chi connectivity index (χ2v) is 5.48. The monoisotopic (exact) mass is 313 g/mol. The van der Waals surface area contributed by atoms with Crippen LogP contribution in [-0.4, -0.2) is 17.6 Å². The van der Waals surface area contributed by atoms with E-state index >= 15 is 0 Å². The van der Waals surface area contributed by atoms with Crippen molar-refractivity contribution >= 4 is 34.2 Å². The largest absolute Gasteiger partial charge is 0.361 e. The maximum atomic E-state index is 11.9. The summed E-state index contributed by atoms with van der Waals surface area (Å²) in [5.41, 5.74) is 2.92. The average molecular weight is 314 g/mol. The van der Waals surface area contributed by atoms with Gasteiger partial charge in [0, 0.05) is 34.4 Å². The van der Waals surface area contributed by atoms with E-state index in [2.05, 4.69) is 15.6 Å². The second-order valence-electron chi connectivity index (χ2n) is 5.04. The number of amides is 2. The highest BCUT2D eigenvalue weighted by molar-refractivity contribution is 6.30. The average Bonchev–Trinajstić information content (AvgIpc) is 2.95. The second kappa shape index (κ2) is 6.54. The molecule has 1 aromatic heterocycles. The Balaban J connectivity index is 1.51. The third-order valence-electron chi connectivity index (χ3n) is 3.40. The Kier molecular flexibility index (Phi) is 4.30. The van der Waals surface area contributed by atoms with Crippen molar-refractivity contribution in [3.63, 3.8) is 0 Å². The molecule has 0 saturated carbocycles. The van der Waals surface area contributed by atoms with Crippen LogP contribution in [0.15, 0.2) is 54.7 Å². The van der Waals surface area contributed by atoms with Gasteiger partial charge in [0.1, 0.15) is 0 Å². The number of fused-ring (bicyclic) bond motifs is 1. The minimum absolute atomic E-state index is 0.211. The molecule has 22 heavy (non-hydrogen) atoms. The third kappa shape index (κ3) is 3.59. The van der Waals surface area contributed by atoms with E-state index in [1.165, 1.54) is 0 Å². The summed E-state index contributed by atoms with van der Waals surface area (Å²) < 4.78 is 0. The molecule has 1 heterocycles. The van der Waals surface area contributed by atoms with Crippen molar-refractivity contribution in [3.05, 3.63) is 65.3 Å². The highest BCUT2D eigenvalue weighted by Crippen LogP contribution is 2.17. The van der Waals surface area contributed by atoms with Crippen LogP contribution in [0.2, 0.25) is 5.02 Å². The topological polar surface area (TPSA) is 56.9 Å². The number of benzene rings is 2. The van der Waals surface area contributed by atoms with Gasteiger partial charge in [-0.15, -0.1) is 0 Å². The molecule has 0 fully saturated rings. The Morgan fingerprint density at radius 3 is 2.91 bits per heavy atom. The smallest absolute Gasteiger partial charge is 0.319 e. The molecule has 0 atom stereocenters. The lowest BCUT2D eigenvalue weighted by atomic mass is 10.1. The molecule has 3 N–H and O–H groups in total. The molecule has 0 saturated heterocycles. The van der Waals surface area contributed by atoms with Crippen molar-refractivity contribution < 1.29 is 4.79 Å². The first kappa shape index (κ1) is 14.5. The third-order valence-corrected chi connectivity index (χ3v) is 3.63. The van der Waals surface area contributed by atoms with Gasteiger partial charge >= 0.3 is 6.03 Å². The highest BCUT2D eigenvalue weighted by atomic mass is 35.5. The first-order chi connectivity index (χ1) is 10.7. The van der Waals surface area contributed by atoms with Gasteiger partial charge in [0.25, 0.3) is 0 Å². The SMILES string of the molecule is O=C(NCCc1cccc(Cl)c1)Nc1ccc2[nH]ccc2c1. The van der Waals surface area contributed by atoms with E-state index in [-0.39, 0.29) is 6.03 Å². The van der Waals surface area contributed by atoms with Gasteiger partial charge in [0.15, 0.2) is 0 Å². The molecule has 4 nitrogen and oxygen atoms in total. The number of rotatable bonds is 4. The van der Waals surface area contributed by atoms with Gasteiger partial charge in [-0.3, -0.25) is 0 Å². The molecule has 0 aliphatic heterocycles. The van der Waals surface area contributed by atoms with E-state index in [0.717, 1.165) is 28.6 Å². The minimum atomic E-state index is -0.211. The summed E-state index contributed by atoms with van der Waals surface area (Å²) >= 11 is 5.93. The quantitative estimate of drug-likeness (QED) is 0.664. The summed E-state index contributed by atoms with van der Waals surface area (Å²) in [5, 5.41) is 7.45. The molecule has 0 bridgehead atoms. The molecular weight excluding hydrogens is 298 g/mol. The fourth-order valence-electron chi connectivity index (χ4n) is 2.32. The first-order valence-electron chi connectivity index (χ1n) is 7.07. The zero-order chi connectivity index (χ0) is 15.4. The zero-order valence-corrected chi connectivity index (χ0v) is 12.7. The maximum Gasteiger partial charge on any atom is 0.319 e. The fraction of sp³-hybridized carbons (Fsp3) is 0.118. The Hall–Kier alpha value is -2.46. The van der Waals surface area contributed by atoms with Gasteiger partial charge in [0.2, 0.25) is 0 Å². The van der Waals surface area contributed by atoms with Gasteiger partial charge in [-0.2, -0.15) is 0 Å². The van der Waals surface area contributed by atoms with E-state index in [9.17, 15) is 4.79 Å². The van der Waals surface area contributed by atoms with Crippen LogP contribution in [0.1, 0.15) is 5.56 Å². The molecule has 2 aromatic carbocycles. The first-order valence-corrected chi connectivity index (χ1v) is 7.45. The Morgan fingerprint density at radius 1 is 1.14 bits per heavy atom. The number of anilines is 1. The lowest BCUT2D eigenvalue weighted by molar-refractivity contribution is 0.252. The minimum Gasteiger partial charge on any atom is -0.361 e. The molecule has 3 aromatic rings. The summed E-state index contributed by atoms with van der Waals surface area (Å²) in [4.78, 5) is 15.0. The van der Waals surface area contributed by atoms with E-state index in [4.69, 9.17) is 11.6 Å². The Morgan fingerprint density at radius 2 is 2.05 bits per heavy atom. The van der Waals surface area contributed by atoms with Crippen LogP contribution >= 0.6 is 11.6 Å². The van der Waals surface area contributed by atoms with Crippen molar-refractivity contribution in [1.82, 2.24) is 10.3 Å². The van der Waals surface area contributed by atoms with E-state index in [0.29, 0.717) is 11.6 Å². The Bertz CT molecular complexity index is 797. The lowest BCUT2D eigenvalue weighted by Gasteiger charge is -2.08. The number of H-pyrrole nitrogens is 1. The summed E-state index contributed by atoms with van der Waals surface area (Å²) in [5.74, 6) is 0. The van der Waals surface area contributed by atoms with Crippen LogP contribution in [0, 0.1) is 0 Å². The molecular formula is C17H16ClN3O. The van der Waals surface area contributed by atoms with Gasteiger partial charge < -0.3 is 15.6 Å². The number of hydrogen-bond donors (Lipinski definition) is 3. The van der Waals surface area contributed by atoms with Crippen molar-refractivity contribution in [2.24, 2.45) is 0 Å². The number of nitrogens with one attached hydrogen (secondary N) is 3. The lowest BCUT2D eigenvalue weighted by Crippen LogP contribution is -2.30. The van der Waals surface area contributed by atoms with Gasteiger partial charge in [-0.05, 0) is 48.4 Å². The molecule has 3 rings (SSSR count). The molecule has 112 valence electrons. The predicted octanol–water partition coefficient (Wildman–Crippen LogP) is 4.19. The molecule has 0 aliphatic carbocycles. The molecule has 5 heteroatoms. The zero-order valence-electron chi connectivity index (χ0n) is 11.9. The van der Waals surface area contributed by atoms with Crippen LogP contribution in [0.4, 0.5) is 10.5 Å². The van der Waals surface area contributed by atoms with E-state index in [1.807, 2.05) is 54.7 Å². The van der Waals surface area contributed by atoms with Crippen LogP contribution in [-0.2, 0) is 6.42 Å².